The van der Waals surface area contributed by atoms with Crippen molar-refractivity contribution in [3.63, 3.8) is 0 Å². The van der Waals surface area contributed by atoms with Crippen LogP contribution in [0.2, 0.25) is 0 Å². The average molecular weight is 287 g/mol. The topological polar surface area (TPSA) is 63.7 Å². The summed E-state index contributed by atoms with van der Waals surface area (Å²) in [5.74, 6) is -0.742. The third-order valence-corrected chi connectivity index (χ3v) is 3.31. The summed E-state index contributed by atoms with van der Waals surface area (Å²) >= 11 is 0. The molecule has 1 aromatic carbocycles. The lowest BCUT2D eigenvalue weighted by Crippen LogP contribution is -2.29. The lowest BCUT2D eigenvalue weighted by Gasteiger charge is -2.10. The molecule has 0 unspecified atom stereocenters. The fourth-order valence-electron chi connectivity index (χ4n) is 2.17. The first kappa shape index (κ1) is 15.0. The molecule has 0 radical (unpaired) electrons. The molecule has 0 aromatic heterocycles. The van der Waals surface area contributed by atoms with Gasteiger partial charge in [-0.2, -0.15) is 0 Å². The maximum atomic E-state index is 12.1. The number of allylic oxidation sites excluding steroid dienone is 1. The van der Waals surface area contributed by atoms with Gasteiger partial charge in [0.1, 0.15) is 0 Å². The van der Waals surface area contributed by atoms with Crippen LogP contribution in [0.4, 0.5) is 0 Å². The van der Waals surface area contributed by atoms with E-state index in [4.69, 9.17) is 0 Å². The van der Waals surface area contributed by atoms with Crippen molar-refractivity contribution >= 4 is 17.8 Å². The number of amides is 2. The average Bonchev–Trinajstić information content (AvgIpc) is 2.75. The Morgan fingerprint density at radius 3 is 2.33 bits per heavy atom. The second kappa shape index (κ2) is 6.83. The number of methoxy groups -OCH3 is 1. The number of fused-ring (bicyclic) bond motifs is 1. The highest BCUT2D eigenvalue weighted by Crippen LogP contribution is 2.22. The summed E-state index contributed by atoms with van der Waals surface area (Å²) in [6, 6.07) is 6.82. The number of hydrogen-bond donors (Lipinski definition) is 0. The van der Waals surface area contributed by atoms with E-state index in [2.05, 4.69) is 4.74 Å². The van der Waals surface area contributed by atoms with Crippen molar-refractivity contribution < 1.29 is 19.1 Å². The monoisotopic (exact) mass is 287 g/mol. The quantitative estimate of drug-likeness (QED) is 0.348. The lowest BCUT2D eigenvalue weighted by molar-refractivity contribution is -0.140. The molecule has 2 rings (SSSR count). The maximum Gasteiger partial charge on any atom is 0.305 e. The second-order valence-corrected chi connectivity index (χ2v) is 4.71. The molecule has 0 saturated heterocycles. The van der Waals surface area contributed by atoms with Crippen LogP contribution in [-0.4, -0.2) is 36.3 Å². The Bertz CT molecular complexity index is 557. The Morgan fingerprint density at radius 2 is 1.76 bits per heavy atom. The van der Waals surface area contributed by atoms with E-state index >= 15 is 0 Å². The van der Waals surface area contributed by atoms with Crippen molar-refractivity contribution in [2.24, 2.45) is 0 Å². The number of ether oxygens (including phenoxy) is 1. The number of rotatable bonds is 6. The van der Waals surface area contributed by atoms with Crippen molar-refractivity contribution in [3.05, 3.63) is 47.5 Å². The minimum atomic E-state index is -0.255. The zero-order chi connectivity index (χ0) is 15.2. The SMILES string of the molecule is COC(=O)CCCC=CCN1C(=O)c2ccccc2C1=O. The van der Waals surface area contributed by atoms with Gasteiger partial charge in [-0.15, -0.1) is 0 Å². The van der Waals surface area contributed by atoms with Gasteiger partial charge in [0.2, 0.25) is 0 Å². The molecule has 1 aliphatic heterocycles. The van der Waals surface area contributed by atoms with Crippen molar-refractivity contribution in [1.82, 2.24) is 4.90 Å². The maximum absolute atomic E-state index is 12.1. The number of imide groups is 1. The van der Waals surface area contributed by atoms with Crippen LogP contribution in [0, 0.1) is 0 Å². The summed E-state index contributed by atoms with van der Waals surface area (Å²) in [6.45, 7) is 0.255. The van der Waals surface area contributed by atoms with Crippen LogP contribution in [0.15, 0.2) is 36.4 Å². The predicted octanol–water partition coefficient (Wildman–Crippen LogP) is 2.18. The highest BCUT2D eigenvalue weighted by Gasteiger charge is 2.33. The van der Waals surface area contributed by atoms with Crippen LogP contribution in [-0.2, 0) is 9.53 Å². The van der Waals surface area contributed by atoms with Crippen LogP contribution in [0.3, 0.4) is 0 Å². The molecule has 5 heteroatoms. The summed E-state index contributed by atoms with van der Waals surface area (Å²) in [4.78, 5) is 36.3. The highest BCUT2D eigenvalue weighted by atomic mass is 16.5. The van der Waals surface area contributed by atoms with Gasteiger partial charge in [-0.05, 0) is 25.0 Å². The van der Waals surface area contributed by atoms with Gasteiger partial charge in [0.25, 0.3) is 11.8 Å². The number of nitrogens with zero attached hydrogens (tertiary/aromatic N) is 1. The molecule has 0 saturated carbocycles. The highest BCUT2D eigenvalue weighted by molar-refractivity contribution is 6.21. The van der Waals surface area contributed by atoms with Gasteiger partial charge in [-0.3, -0.25) is 19.3 Å². The largest absolute Gasteiger partial charge is 0.469 e. The first-order valence-corrected chi connectivity index (χ1v) is 6.82. The molecule has 5 nitrogen and oxygen atoms in total. The second-order valence-electron chi connectivity index (χ2n) is 4.71. The Labute approximate surface area is 123 Å². The van der Waals surface area contributed by atoms with E-state index < -0.39 is 0 Å². The summed E-state index contributed by atoms with van der Waals surface area (Å²) in [5.41, 5.74) is 0.920. The Kier molecular flexibility index (Phi) is 4.87. The normalized spacial score (nSPS) is 13.9. The van der Waals surface area contributed by atoms with Gasteiger partial charge >= 0.3 is 5.97 Å². The first-order valence-electron chi connectivity index (χ1n) is 6.82. The van der Waals surface area contributed by atoms with Crippen LogP contribution in [0.25, 0.3) is 0 Å². The fraction of sp³-hybridized carbons (Fsp3) is 0.312. The molecule has 2 amide bonds. The van der Waals surface area contributed by atoms with Gasteiger partial charge in [0.15, 0.2) is 0 Å². The number of esters is 1. The van der Waals surface area contributed by atoms with Gasteiger partial charge in [0.05, 0.1) is 18.2 Å². The van der Waals surface area contributed by atoms with Gasteiger partial charge in [0, 0.05) is 13.0 Å². The van der Waals surface area contributed by atoms with Crippen molar-refractivity contribution in [2.45, 2.75) is 19.3 Å². The molecular formula is C16H17NO4. The molecule has 1 aromatic rings. The minimum Gasteiger partial charge on any atom is -0.469 e. The summed E-state index contributed by atoms with van der Waals surface area (Å²) in [6.07, 6.45) is 5.41. The molecular weight excluding hydrogens is 270 g/mol. The zero-order valence-electron chi connectivity index (χ0n) is 11.9. The smallest absolute Gasteiger partial charge is 0.305 e. The standard InChI is InChI=1S/C16H17NO4/c1-21-14(18)10-4-2-3-7-11-17-15(19)12-8-5-6-9-13(12)16(17)20/h3,5-9H,2,4,10-11H2,1H3. The zero-order valence-corrected chi connectivity index (χ0v) is 11.9. The van der Waals surface area contributed by atoms with E-state index in [0.717, 1.165) is 0 Å². The number of carbonyl (C=O) groups is 3. The van der Waals surface area contributed by atoms with Crippen LogP contribution in [0.5, 0.6) is 0 Å². The molecule has 0 aliphatic carbocycles. The first-order chi connectivity index (χ1) is 10.1. The van der Waals surface area contributed by atoms with Crippen LogP contribution in [0.1, 0.15) is 40.0 Å². The van der Waals surface area contributed by atoms with Crippen LogP contribution < -0.4 is 0 Å². The van der Waals surface area contributed by atoms with Gasteiger partial charge in [-0.25, -0.2) is 0 Å². The summed E-state index contributed by atoms with van der Waals surface area (Å²) in [7, 11) is 1.36. The molecule has 110 valence electrons. The number of carbonyl (C=O) groups excluding carboxylic acids is 3. The van der Waals surface area contributed by atoms with E-state index in [-0.39, 0.29) is 24.3 Å². The Balaban J connectivity index is 1.84. The summed E-state index contributed by atoms with van der Waals surface area (Å²) < 4.78 is 4.54. The molecule has 0 N–H and O–H groups in total. The Morgan fingerprint density at radius 1 is 1.14 bits per heavy atom. The third-order valence-electron chi connectivity index (χ3n) is 3.31. The van der Waals surface area contributed by atoms with E-state index in [1.165, 1.54) is 12.0 Å². The number of unbranched alkanes of at least 4 members (excludes halogenated alkanes) is 1. The lowest BCUT2D eigenvalue weighted by atomic mass is 10.1. The van der Waals surface area contributed by atoms with Crippen molar-refractivity contribution in [3.8, 4) is 0 Å². The fourth-order valence-corrected chi connectivity index (χ4v) is 2.17. The minimum absolute atomic E-state index is 0.233. The van der Waals surface area contributed by atoms with E-state index in [1.54, 1.807) is 30.3 Å². The molecule has 1 heterocycles. The summed E-state index contributed by atoms with van der Waals surface area (Å²) in [5, 5.41) is 0. The molecule has 0 fully saturated rings. The van der Waals surface area contributed by atoms with Gasteiger partial charge < -0.3 is 4.74 Å². The number of hydrogen-bond acceptors (Lipinski definition) is 4. The molecule has 0 spiro atoms. The van der Waals surface area contributed by atoms with Crippen LogP contribution >= 0.6 is 0 Å². The Hall–Kier alpha value is -2.43. The van der Waals surface area contributed by atoms with Gasteiger partial charge in [-0.1, -0.05) is 24.3 Å². The van der Waals surface area contributed by atoms with E-state index in [0.29, 0.717) is 30.4 Å². The third kappa shape index (κ3) is 3.37. The van der Waals surface area contributed by atoms with Crippen molar-refractivity contribution in [2.75, 3.05) is 13.7 Å². The van der Waals surface area contributed by atoms with E-state index in [9.17, 15) is 14.4 Å². The molecule has 1 aliphatic rings. The number of benzene rings is 1. The molecule has 0 bridgehead atoms. The molecule has 0 atom stereocenters. The predicted molar refractivity (Wildman–Crippen MR) is 76.8 cm³/mol. The van der Waals surface area contributed by atoms with Crippen molar-refractivity contribution in [1.29, 1.82) is 0 Å². The molecule has 21 heavy (non-hydrogen) atoms. The van der Waals surface area contributed by atoms with E-state index in [1.807, 2.05) is 6.08 Å².